The second kappa shape index (κ2) is 5.22. The lowest BCUT2D eigenvalue weighted by Crippen LogP contribution is -1.80. The Labute approximate surface area is 125 Å². The number of rotatable bonds is 2. The molecule has 3 rings (SSSR count). The average Bonchev–Trinajstić information content (AvgIpc) is 2.77. The SMILES string of the molecule is Cc1ccc(N=Nc2c(O)[nH]c3c(F)cc(F)cc23)cc1C. The van der Waals surface area contributed by atoms with Crippen molar-refractivity contribution in [3.63, 3.8) is 0 Å². The largest absolute Gasteiger partial charge is 0.493 e. The number of benzene rings is 2. The van der Waals surface area contributed by atoms with Crippen molar-refractivity contribution < 1.29 is 13.9 Å². The van der Waals surface area contributed by atoms with Gasteiger partial charge in [-0.2, -0.15) is 5.11 Å². The first-order chi connectivity index (χ1) is 10.5. The maximum absolute atomic E-state index is 13.6. The fourth-order valence-electron chi connectivity index (χ4n) is 2.19. The Morgan fingerprint density at radius 3 is 2.50 bits per heavy atom. The van der Waals surface area contributed by atoms with E-state index in [0.717, 1.165) is 23.3 Å². The minimum atomic E-state index is -0.794. The molecule has 1 heterocycles. The Morgan fingerprint density at radius 1 is 1.00 bits per heavy atom. The highest BCUT2D eigenvalue weighted by Crippen LogP contribution is 2.37. The monoisotopic (exact) mass is 301 g/mol. The Morgan fingerprint density at radius 2 is 1.77 bits per heavy atom. The van der Waals surface area contributed by atoms with E-state index in [2.05, 4.69) is 15.2 Å². The van der Waals surface area contributed by atoms with E-state index in [1.54, 1.807) is 6.07 Å². The van der Waals surface area contributed by atoms with Crippen LogP contribution >= 0.6 is 0 Å². The van der Waals surface area contributed by atoms with E-state index >= 15 is 0 Å². The van der Waals surface area contributed by atoms with Gasteiger partial charge in [-0.25, -0.2) is 8.78 Å². The molecule has 4 nitrogen and oxygen atoms in total. The predicted molar refractivity (Wildman–Crippen MR) is 80.0 cm³/mol. The molecule has 3 aromatic rings. The van der Waals surface area contributed by atoms with Crippen LogP contribution in [0.25, 0.3) is 10.9 Å². The number of aromatic hydroxyl groups is 1. The third-order valence-corrected chi connectivity index (χ3v) is 3.53. The van der Waals surface area contributed by atoms with Crippen molar-refractivity contribution >= 4 is 22.3 Å². The molecule has 2 aromatic carbocycles. The number of halogens is 2. The maximum atomic E-state index is 13.6. The van der Waals surface area contributed by atoms with Crippen LogP contribution in [0.3, 0.4) is 0 Å². The number of nitrogens with one attached hydrogen (secondary N) is 1. The highest BCUT2D eigenvalue weighted by atomic mass is 19.1. The van der Waals surface area contributed by atoms with E-state index in [1.165, 1.54) is 0 Å². The van der Waals surface area contributed by atoms with E-state index in [1.807, 2.05) is 26.0 Å². The number of hydrogen-bond donors (Lipinski definition) is 2. The molecule has 0 bridgehead atoms. The highest BCUT2D eigenvalue weighted by Gasteiger charge is 2.15. The Balaban J connectivity index is 2.08. The van der Waals surface area contributed by atoms with Crippen molar-refractivity contribution in [2.45, 2.75) is 13.8 Å². The predicted octanol–water partition coefficient (Wildman–Crippen LogP) is 5.18. The minimum Gasteiger partial charge on any atom is -0.493 e. The van der Waals surface area contributed by atoms with E-state index in [-0.39, 0.29) is 22.5 Å². The molecule has 0 aliphatic carbocycles. The summed E-state index contributed by atoms with van der Waals surface area (Å²) in [6, 6.07) is 7.36. The number of nitrogens with zero attached hydrogens (tertiary/aromatic N) is 2. The number of fused-ring (bicyclic) bond motifs is 1. The van der Waals surface area contributed by atoms with Crippen molar-refractivity contribution in [1.29, 1.82) is 0 Å². The molecule has 112 valence electrons. The van der Waals surface area contributed by atoms with Crippen LogP contribution in [-0.4, -0.2) is 10.1 Å². The van der Waals surface area contributed by atoms with Gasteiger partial charge in [-0.1, -0.05) is 6.07 Å². The van der Waals surface area contributed by atoms with Crippen LogP contribution in [0.2, 0.25) is 0 Å². The zero-order valence-corrected chi connectivity index (χ0v) is 12.0. The standard InChI is InChI=1S/C16H13F2N3O/c1-8-3-4-11(5-9(8)2)20-21-15-12-6-10(17)7-13(18)14(12)19-16(15)22/h3-7,19,22H,1-2H3. The molecule has 0 saturated carbocycles. The van der Waals surface area contributed by atoms with Crippen LogP contribution in [0.4, 0.5) is 20.2 Å². The van der Waals surface area contributed by atoms with Gasteiger partial charge in [0.1, 0.15) is 11.6 Å². The van der Waals surface area contributed by atoms with Crippen LogP contribution in [0.5, 0.6) is 5.88 Å². The Kier molecular flexibility index (Phi) is 3.36. The van der Waals surface area contributed by atoms with Gasteiger partial charge in [0.05, 0.1) is 11.2 Å². The summed E-state index contributed by atoms with van der Waals surface area (Å²) in [6.07, 6.45) is 0. The molecule has 0 amide bonds. The second-order valence-electron chi connectivity index (χ2n) is 5.10. The van der Waals surface area contributed by atoms with Gasteiger partial charge in [0, 0.05) is 11.5 Å². The summed E-state index contributed by atoms with van der Waals surface area (Å²) < 4.78 is 27.0. The number of H-pyrrole nitrogens is 1. The first kappa shape index (κ1) is 14.2. The van der Waals surface area contributed by atoms with Gasteiger partial charge >= 0.3 is 0 Å². The fourth-order valence-corrected chi connectivity index (χ4v) is 2.19. The highest BCUT2D eigenvalue weighted by molar-refractivity contribution is 5.94. The maximum Gasteiger partial charge on any atom is 0.218 e. The molecule has 0 spiro atoms. The molecule has 0 atom stereocenters. The molecule has 22 heavy (non-hydrogen) atoms. The van der Waals surface area contributed by atoms with E-state index < -0.39 is 11.6 Å². The van der Waals surface area contributed by atoms with Gasteiger partial charge in [-0.3, -0.25) is 0 Å². The number of aryl methyl sites for hydroxylation is 2. The fraction of sp³-hybridized carbons (Fsp3) is 0.125. The van der Waals surface area contributed by atoms with Crippen LogP contribution in [0.15, 0.2) is 40.6 Å². The zero-order valence-electron chi connectivity index (χ0n) is 12.0. The van der Waals surface area contributed by atoms with Gasteiger partial charge in [-0.05, 0) is 43.2 Å². The molecular weight excluding hydrogens is 288 g/mol. The lowest BCUT2D eigenvalue weighted by Gasteiger charge is -1.99. The summed E-state index contributed by atoms with van der Waals surface area (Å²) in [5, 5.41) is 17.9. The van der Waals surface area contributed by atoms with Gasteiger partial charge < -0.3 is 10.1 Å². The molecule has 0 radical (unpaired) electrons. The van der Waals surface area contributed by atoms with E-state index in [0.29, 0.717) is 5.69 Å². The summed E-state index contributed by atoms with van der Waals surface area (Å²) >= 11 is 0. The summed E-state index contributed by atoms with van der Waals surface area (Å²) in [4.78, 5) is 2.44. The first-order valence-electron chi connectivity index (χ1n) is 6.64. The summed E-state index contributed by atoms with van der Waals surface area (Å²) in [5.41, 5.74) is 2.77. The summed E-state index contributed by atoms with van der Waals surface area (Å²) in [6.45, 7) is 3.93. The summed E-state index contributed by atoms with van der Waals surface area (Å²) in [5.74, 6) is -1.89. The van der Waals surface area contributed by atoms with Crippen molar-refractivity contribution in [2.75, 3.05) is 0 Å². The Hall–Kier alpha value is -2.76. The van der Waals surface area contributed by atoms with Crippen molar-refractivity contribution in [3.05, 3.63) is 53.1 Å². The third-order valence-electron chi connectivity index (χ3n) is 3.53. The number of aromatic amines is 1. The van der Waals surface area contributed by atoms with Gasteiger partial charge in [0.2, 0.25) is 5.88 Å². The van der Waals surface area contributed by atoms with Crippen LogP contribution < -0.4 is 0 Å². The number of hydrogen-bond acceptors (Lipinski definition) is 3. The smallest absolute Gasteiger partial charge is 0.218 e. The van der Waals surface area contributed by atoms with E-state index in [9.17, 15) is 13.9 Å². The average molecular weight is 301 g/mol. The van der Waals surface area contributed by atoms with Gasteiger partial charge in [0.25, 0.3) is 0 Å². The van der Waals surface area contributed by atoms with Gasteiger partial charge in [-0.15, -0.1) is 5.11 Å². The van der Waals surface area contributed by atoms with Gasteiger partial charge in [0.15, 0.2) is 5.69 Å². The van der Waals surface area contributed by atoms with Crippen LogP contribution in [0, 0.1) is 25.5 Å². The van der Waals surface area contributed by atoms with Crippen LogP contribution in [0.1, 0.15) is 11.1 Å². The first-order valence-corrected chi connectivity index (χ1v) is 6.64. The lowest BCUT2D eigenvalue weighted by atomic mass is 10.1. The normalized spacial score (nSPS) is 11.6. The van der Waals surface area contributed by atoms with Crippen LogP contribution in [-0.2, 0) is 0 Å². The Bertz CT molecular complexity index is 900. The molecular formula is C16H13F2N3O. The van der Waals surface area contributed by atoms with Crippen molar-refractivity contribution in [3.8, 4) is 5.88 Å². The van der Waals surface area contributed by atoms with Crippen molar-refractivity contribution in [2.24, 2.45) is 10.2 Å². The second-order valence-corrected chi connectivity index (χ2v) is 5.10. The molecule has 6 heteroatoms. The molecule has 0 aliphatic heterocycles. The zero-order chi connectivity index (χ0) is 15.9. The summed E-state index contributed by atoms with van der Waals surface area (Å²) in [7, 11) is 0. The third kappa shape index (κ3) is 2.43. The molecule has 0 aliphatic rings. The van der Waals surface area contributed by atoms with E-state index in [4.69, 9.17) is 0 Å². The lowest BCUT2D eigenvalue weighted by molar-refractivity contribution is 0.459. The molecule has 0 unspecified atom stereocenters. The molecule has 1 aromatic heterocycles. The number of aromatic nitrogens is 1. The van der Waals surface area contributed by atoms with Crippen molar-refractivity contribution in [1.82, 2.24) is 4.98 Å². The number of azo groups is 1. The quantitative estimate of drug-likeness (QED) is 0.629. The molecule has 2 N–H and O–H groups in total. The molecule has 0 fully saturated rings. The topological polar surface area (TPSA) is 60.7 Å². The molecule has 0 saturated heterocycles. The minimum absolute atomic E-state index is 0.00614.